The van der Waals surface area contributed by atoms with Crippen LogP contribution < -0.4 is 15.0 Å². The normalized spacial score (nSPS) is 14.4. The van der Waals surface area contributed by atoms with Gasteiger partial charge in [-0.15, -0.1) is 11.3 Å². The number of ether oxygens (including phenoxy) is 1. The van der Waals surface area contributed by atoms with E-state index in [1.807, 2.05) is 60.0 Å². The number of rotatable bonds is 7. The number of nitrogens with one attached hydrogen (secondary N) is 1. The Morgan fingerprint density at radius 3 is 2.70 bits per heavy atom. The molecular formula is C28H27N5O2S2. The molecule has 9 heteroatoms. The Kier molecular flexibility index (Phi) is 6.73. The molecule has 5 aromatic rings. The maximum atomic E-state index is 13.2. The van der Waals surface area contributed by atoms with E-state index in [0.29, 0.717) is 12.1 Å². The molecule has 3 aromatic heterocycles. The fourth-order valence-electron chi connectivity index (χ4n) is 4.71. The summed E-state index contributed by atoms with van der Waals surface area (Å²) in [6, 6.07) is 19.8. The van der Waals surface area contributed by atoms with Crippen LogP contribution in [0.2, 0.25) is 0 Å². The minimum absolute atomic E-state index is 0.0570. The van der Waals surface area contributed by atoms with Gasteiger partial charge in [-0.25, -0.2) is 9.97 Å². The maximum Gasteiger partial charge on any atom is 0.252 e. The first kappa shape index (κ1) is 23.8. The van der Waals surface area contributed by atoms with Gasteiger partial charge in [0.2, 0.25) is 0 Å². The Morgan fingerprint density at radius 2 is 1.89 bits per heavy atom. The summed E-state index contributed by atoms with van der Waals surface area (Å²) in [4.78, 5) is 28.6. The van der Waals surface area contributed by atoms with Crippen molar-refractivity contribution in [2.75, 3.05) is 51.3 Å². The predicted octanol–water partition coefficient (Wildman–Crippen LogP) is 5.13. The van der Waals surface area contributed by atoms with Crippen molar-refractivity contribution >= 4 is 54.8 Å². The standard InChI is InChI=1S/C28H27N5O2S2/c1-35-23-8-4-9-25-26(23)31-28(37-25)33-15-13-32(14-16-33)12-11-29-27(34)20-18-22(24-10-5-17-36-24)30-21-7-3-2-6-19(20)21/h2-10,17-18H,11-16H2,1H3,(H,29,34). The van der Waals surface area contributed by atoms with Crippen molar-refractivity contribution in [2.45, 2.75) is 0 Å². The number of amides is 1. The van der Waals surface area contributed by atoms with E-state index in [2.05, 4.69) is 21.2 Å². The molecule has 0 unspecified atom stereocenters. The summed E-state index contributed by atoms with van der Waals surface area (Å²) < 4.78 is 6.61. The van der Waals surface area contributed by atoms with Crippen LogP contribution in [0, 0.1) is 0 Å². The van der Waals surface area contributed by atoms with Crippen molar-refractivity contribution in [3.8, 4) is 16.3 Å². The summed E-state index contributed by atoms with van der Waals surface area (Å²) >= 11 is 3.34. The summed E-state index contributed by atoms with van der Waals surface area (Å²) in [5.41, 5.74) is 3.27. The predicted molar refractivity (Wildman–Crippen MR) is 152 cm³/mol. The van der Waals surface area contributed by atoms with E-state index in [9.17, 15) is 4.79 Å². The second kappa shape index (κ2) is 10.5. The number of para-hydroxylation sites is 2. The zero-order valence-corrected chi connectivity index (χ0v) is 22.1. The van der Waals surface area contributed by atoms with Crippen LogP contribution in [-0.4, -0.2) is 67.2 Å². The lowest BCUT2D eigenvalue weighted by Crippen LogP contribution is -2.48. The highest BCUT2D eigenvalue weighted by Crippen LogP contribution is 2.34. The largest absolute Gasteiger partial charge is 0.494 e. The van der Waals surface area contributed by atoms with Crippen molar-refractivity contribution in [2.24, 2.45) is 0 Å². The van der Waals surface area contributed by atoms with Gasteiger partial charge in [0.1, 0.15) is 11.3 Å². The van der Waals surface area contributed by atoms with Crippen LogP contribution in [0.15, 0.2) is 66.0 Å². The van der Waals surface area contributed by atoms with Gasteiger partial charge in [0.15, 0.2) is 5.13 Å². The molecule has 0 bridgehead atoms. The Balaban J connectivity index is 1.07. The molecule has 37 heavy (non-hydrogen) atoms. The monoisotopic (exact) mass is 529 g/mol. The van der Waals surface area contributed by atoms with Crippen molar-refractivity contribution in [3.05, 3.63) is 71.6 Å². The number of methoxy groups -OCH3 is 1. The molecule has 0 spiro atoms. The Bertz CT molecular complexity index is 1540. The molecular weight excluding hydrogens is 502 g/mol. The van der Waals surface area contributed by atoms with E-state index >= 15 is 0 Å². The van der Waals surface area contributed by atoms with Gasteiger partial charge >= 0.3 is 0 Å². The average Bonchev–Trinajstić information content (AvgIpc) is 3.63. The summed E-state index contributed by atoms with van der Waals surface area (Å²) in [5, 5.41) is 7.09. The number of pyridine rings is 1. The Morgan fingerprint density at radius 1 is 1.03 bits per heavy atom. The van der Waals surface area contributed by atoms with Crippen LogP contribution in [-0.2, 0) is 0 Å². The number of carbonyl (C=O) groups is 1. The van der Waals surface area contributed by atoms with E-state index in [0.717, 1.165) is 75.3 Å². The van der Waals surface area contributed by atoms with E-state index in [-0.39, 0.29) is 5.91 Å². The van der Waals surface area contributed by atoms with E-state index in [1.54, 1.807) is 29.8 Å². The molecule has 1 saturated heterocycles. The van der Waals surface area contributed by atoms with Crippen LogP contribution in [0.5, 0.6) is 5.75 Å². The van der Waals surface area contributed by atoms with Crippen molar-refractivity contribution in [1.82, 2.24) is 20.2 Å². The summed E-state index contributed by atoms with van der Waals surface area (Å²) in [5.74, 6) is 0.761. The molecule has 6 rings (SSSR count). The molecule has 1 aliphatic heterocycles. The summed E-state index contributed by atoms with van der Waals surface area (Å²) in [6.45, 7) is 5.11. The van der Waals surface area contributed by atoms with Crippen molar-refractivity contribution in [3.63, 3.8) is 0 Å². The maximum absolute atomic E-state index is 13.2. The van der Waals surface area contributed by atoms with Gasteiger partial charge in [0, 0.05) is 44.7 Å². The van der Waals surface area contributed by atoms with Gasteiger partial charge in [-0.05, 0) is 35.7 Å². The number of thiazole rings is 1. The van der Waals surface area contributed by atoms with Crippen LogP contribution in [0.3, 0.4) is 0 Å². The van der Waals surface area contributed by atoms with Crippen LogP contribution in [0.4, 0.5) is 5.13 Å². The van der Waals surface area contributed by atoms with Crippen molar-refractivity contribution < 1.29 is 9.53 Å². The number of carbonyl (C=O) groups excluding carboxylic acids is 1. The third-order valence-electron chi connectivity index (χ3n) is 6.68. The first-order valence-electron chi connectivity index (χ1n) is 12.3. The topological polar surface area (TPSA) is 70.6 Å². The van der Waals surface area contributed by atoms with Gasteiger partial charge in [-0.1, -0.05) is 41.7 Å². The van der Waals surface area contributed by atoms with Gasteiger partial charge in [-0.2, -0.15) is 0 Å². The zero-order chi connectivity index (χ0) is 25.2. The third kappa shape index (κ3) is 4.90. The van der Waals surface area contributed by atoms with Gasteiger partial charge < -0.3 is 15.0 Å². The molecule has 7 nitrogen and oxygen atoms in total. The highest BCUT2D eigenvalue weighted by Gasteiger charge is 2.21. The fourth-order valence-corrected chi connectivity index (χ4v) is 6.43. The number of thiophene rings is 1. The lowest BCUT2D eigenvalue weighted by atomic mass is 10.1. The van der Waals surface area contributed by atoms with Gasteiger partial charge in [0.05, 0.1) is 33.5 Å². The summed E-state index contributed by atoms with van der Waals surface area (Å²) in [6.07, 6.45) is 0. The molecule has 1 fully saturated rings. The van der Waals surface area contributed by atoms with E-state index < -0.39 is 0 Å². The molecule has 4 heterocycles. The number of hydrogen-bond donors (Lipinski definition) is 1. The molecule has 0 saturated carbocycles. The molecule has 2 aromatic carbocycles. The minimum Gasteiger partial charge on any atom is -0.494 e. The number of benzene rings is 2. The highest BCUT2D eigenvalue weighted by atomic mass is 32.1. The number of anilines is 1. The third-order valence-corrected chi connectivity index (χ3v) is 8.66. The molecule has 1 amide bonds. The quantitative estimate of drug-likeness (QED) is 0.315. The number of fused-ring (bicyclic) bond motifs is 2. The van der Waals surface area contributed by atoms with Crippen LogP contribution >= 0.6 is 22.7 Å². The Labute approximate surface area is 223 Å². The fraction of sp³-hybridized carbons (Fsp3) is 0.250. The lowest BCUT2D eigenvalue weighted by molar-refractivity contribution is 0.0949. The van der Waals surface area contributed by atoms with Crippen LogP contribution in [0.1, 0.15) is 10.4 Å². The first-order chi connectivity index (χ1) is 18.2. The smallest absolute Gasteiger partial charge is 0.252 e. The first-order valence-corrected chi connectivity index (χ1v) is 14.0. The average molecular weight is 530 g/mol. The molecule has 0 radical (unpaired) electrons. The lowest BCUT2D eigenvalue weighted by Gasteiger charge is -2.34. The Hall–Kier alpha value is -3.53. The van der Waals surface area contributed by atoms with Gasteiger partial charge in [0.25, 0.3) is 5.91 Å². The zero-order valence-electron chi connectivity index (χ0n) is 20.5. The number of aromatic nitrogens is 2. The molecule has 0 aliphatic carbocycles. The van der Waals surface area contributed by atoms with E-state index in [4.69, 9.17) is 14.7 Å². The highest BCUT2D eigenvalue weighted by molar-refractivity contribution is 7.22. The van der Waals surface area contributed by atoms with Crippen LogP contribution in [0.25, 0.3) is 31.7 Å². The number of nitrogens with zero attached hydrogens (tertiary/aromatic N) is 4. The number of hydrogen-bond acceptors (Lipinski definition) is 8. The van der Waals surface area contributed by atoms with Gasteiger partial charge in [-0.3, -0.25) is 9.69 Å². The molecule has 0 atom stereocenters. The summed E-state index contributed by atoms with van der Waals surface area (Å²) in [7, 11) is 1.69. The number of piperazine rings is 1. The SMILES string of the molecule is COc1cccc2sc(N3CCN(CCNC(=O)c4cc(-c5cccs5)nc5ccccc45)CC3)nc12. The minimum atomic E-state index is -0.0570. The molecule has 1 aliphatic rings. The second-order valence-electron chi connectivity index (χ2n) is 8.94. The van der Waals surface area contributed by atoms with Crippen molar-refractivity contribution in [1.29, 1.82) is 0 Å². The van der Waals surface area contributed by atoms with E-state index in [1.165, 1.54) is 0 Å². The molecule has 188 valence electrons. The second-order valence-corrected chi connectivity index (χ2v) is 10.9. The molecule has 1 N–H and O–H groups in total.